The van der Waals surface area contributed by atoms with E-state index in [1.165, 1.54) is 45.4 Å². The van der Waals surface area contributed by atoms with Crippen LogP contribution in [0.3, 0.4) is 0 Å². The standard InChI is InChI=1S/C11H22N2.ClH/c1-11(2)5-7-13(11)9-10-4-3-6-12-8-10;/h10,12H,3-9H2,1-2H3;1H. The van der Waals surface area contributed by atoms with E-state index in [1.54, 1.807) is 0 Å². The molecule has 1 N–H and O–H groups in total. The number of nitrogens with one attached hydrogen (secondary N) is 1. The molecular formula is C11H23ClN2. The van der Waals surface area contributed by atoms with E-state index in [-0.39, 0.29) is 12.4 Å². The maximum absolute atomic E-state index is 3.49. The minimum atomic E-state index is 0. The van der Waals surface area contributed by atoms with Gasteiger partial charge in [0.2, 0.25) is 0 Å². The third-order valence-corrected chi connectivity index (χ3v) is 3.73. The first-order chi connectivity index (χ1) is 6.18. The van der Waals surface area contributed by atoms with Gasteiger partial charge in [-0.3, -0.25) is 4.90 Å². The molecular weight excluding hydrogens is 196 g/mol. The highest BCUT2D eigenvalue weighted by atomic mass is 35.5. The normalized spacial score (nSPS) is 31.7. The lowest BCUT2D eigenvalue weighted by atomic mass is 9.86. The Bertz CT molecular complexity index is 176. The van der Waals surface area contributed by atoms with Crippen molar-refractivity contribution >= 4 is 12.4 Å². The van der Waals surface area contributed by atoms with Gasteiger partial charge in [0.1, 0.15) is 0 Å². The van der Waals surface area contributed by atoms with Crippen molar-refractivity contribution in [2.45, 2.75) is 38.6 Å². The summed E-state index contributed by atoms with van der Waals surface area (Å²) < 4.78 is 0. The fourth-order valence-electron chi connectivity index (χ4n) is 2.45. The zero-order chi connectivity index (χ0) is 9.31. The van der Waals surface area contributed by atoms with E-state index < -0.39 is 0 Å². The van der Waals surface area contributed by atoms with Crippen LogP contribution in [-0.2, 0) is 0 Å². The predicted octanol–water partition coefficient (Wildman–Crippen LogP) is 1.89. The van der Waals surface area contributed by atoms with Crippen LogP contribution in [0.5, 0.6) is 0 Å². The fourth-order valence-corrected chi connectivity index (χ4v) is 2.45. The predicted molar refractivity (Wildman–Crippen MR) is 63.1 cm³/mol. The van der Waals surface area contributed by atoms with E-state index in [0.29, 0.717) is 5.54 Å². The van der Waals surface area contributed by atoms with Gasteiger partial charge < -0.3 is 5.32 Å². The third kappa shape index (κ3) is 2.62. The molecule has 2 heterocycles. The first-order valence-electron chi connectivity index (χ1n) is 5.64. The summed E-state index contributed by atoms with van der Waals surface area (Å²) in [6.07, 6.45) is 4.19. The number of hydrogen-bond acceptors (Lipinski definition) is 2. The van der Waals surface area contributed by atoms with Crippen molar-refractivity contribution < 1.29 is 0 Å². The maximum atomic E-state index is 3.49. The summed E-state index contributed by atoms with van der Waals surface area (Å²) >= 11 is 0. The number of hydrogen-bond donors (Lipinski definition) is 1. The van der Waals surface area contributed by atoms with Crippen LogP contribution in [-0.4, -0.2) is 36.6 Å². The molecule has 3 heteroatoms. The molecule has 2 fully saturated rings. The van der Waals surface area contributed by atoms with Crippen LogP contribution in [0.25, 0.3) is 0 Å². The Morgan fingerprint density at radius 3 is 2.64 bits per heavy atom. The summed E-state index contributed by atoms with van der Waals surface area (Å²) in [5.41, 5.74) is 0.497. The van der Waals surface area contributed by atoms with Crippen molar-refractivity contribution in [1.29, 1.82) is 0 Å². The average molecular weight is 219 g/mol. The van der Waals surface area contributed by atoms with Crippen molar-refractivity contribution in [3.8, 4) is 0 Å². The summed E-state index contributed by atoms with van der Waals surface area (Å²) in [7, 11) is 0. The molecule has 1 atom stereocenters. The molecule has 0 aromatic rings. The van der Waals surface area contributed by atoms with E-state index >= 15 is 0 Å². The highest BCUT2D eigenvalue weighted by molar-refractivity contribution is 5.85. The molecule has 0 spiro atoms. The van der Waals surface area contributed by atoms with Gasteiger partial charge in [0.05, 0.1) is 0 Å². The van der Waals surface area contributed by atoms with E-state index in [0.717, 1.165) is 5.92 Å². The van der Waals surface area contributed by atoms with Crippen LogP contribution in [0.2, 0.25) is 0 Å². The third-order valence-electron chi connectivity index (χ3n) is 3.73. The molecule has 0 aromatic heterocycles. The number of likely N-dealkylation sites (tertiary alicyclic amines) is 1. The number of halogens is 1. The lowest BCUT2D eigenvalue weighted by Gasteiger charge is -2.50. The van der Waals surface area contributed by atoms with E-state index in [1.807, 2.05) is 0 Å². The summed E-state index contributed by atoms with van der Waals surface area (Å²) in [5, 5.41) is 3.49. The van der Waals surface area contributed by atoms with Crippen LogP contribution in [0.1, 0.15) is 33.1 Å². The Hall–Kier alpha value is 0.210. The van der Waals surface area contributed by atoms with E-state index in [4.69, 9.17) is 0 Å². The van der Waals surface area contributed by atoms with Crippen molar-refractivity contribution in [3.05, 3.63) is 0 Å². The minimum Gasteiger partial charge on any atom is -0.316 e. The number of piperidine rings is 1. The fraction of sp³-hybridized carbons (Fsp3) is 1.00. The quantitative estimate of drug-likeness (QED) is 0.762. The Labute approximate surface area is 93.8 Å². The van der Waals surface area contributed by atoms with Crippen LogP contribution < -0.4 is 5.32 Å². The second kappa shape index (κ2) is 4.82. The first-order valence-corrected chi connectivity index (χ1v) is 5.64. The van der Waals surface area contributed by atoms with Gasteiger partial charge in [-0.15, -0.1) is 12.4 Å². The topological polar surface area (TPSA) is 15.3 Å². The number of rotatable bonds is 2. The molecule has 14 heavy (non-hydrogen) atoms. The van der Waals surface area contributed by atoms with Crippen molar-refractivity contribution in [2.24, 2.45) is 5.92 Å². The highest BCUT2D eigenvalue weighted by Crippen LogP contribution is 2.30. The van der Waals surface area contributed by atoms with E-state index in [2.05, 4.69) is 24.1 Å². The van der Waals surface area contributed by atoms with Crippen LogP contribution in [0.15, 0.2) is 0 Å². The maximum Gasteiger partial charge on any atom is 0.0165 e. The molecule has 0 aromatic carbocycles. The van der Waals surface area contributed by atoms with Crippen LogP contribution >= 0.6 is 12.4 Å². The highest BCUT2D eigenvalue weighted by Gasteiger charge is 2.36. The smallest absolute Gasteiger partial charge is 0.0165 e. The Morgan fingerprint density at radius 2 is 2.21 bits per heavy atom. The molecule has 0 aliphatic carbocycles. The van der Waals surface area contributed by atoms with E-state index in [9.17, 15) is 0 Å². The van der Waals surface area contributed by atoms with Gasteiger partial charge in [-0.05, 0) is 52.1 Å². The zero-order valence-electron chi connectivity index (χ0n) is 9.38. The summed E-state index contributed by atoms with van der Waals surface area (Å²) in [6, 6.07) is 0. The molecule has 0 saturated carbocycles. The SMILES string of the molecule is CC1(C)CCN1CC1CCCNC1.Cl. The lowest BCUT2D eigenvalue weighted by Crippen LogP contribution is -2.58. The van der Waals surface area contributed by atoms with Gasteiger partial charge in [0.25, 0.3) is 0 Å². The minimum absolute atomic E-state index is 0. The zero-order valence-corrected chi connectivity index (χ0v) is 10.2. The second-order valence-electron chi connectivity index (χ2n) is 5.22. The molecule has 2 saturated heterocycles. The second-order valence-corrected chi connectivity index (χ2v) is 5.22. The van der Waals surface area contributed by atoms with Crippen molar-refractivity contribution in [2.75, 3.05) is 26.2 Å². The van der Waals surface area contributed by atoms with Crippen LogP contribution in [0, 0.1) is 5.92 Å². The van der Waals surface area contributed by atoms with Crippen molar-refractivity contribution in [3.63, 3.8) is 0 Å². The van der Waals surface area contributed by atoms with Gasteiger partial charge >= 0.3 is 0 Å². The van der Waals surface area contributed by atoms with Gasteiger partial charge in [0, 0.05) is 18.6 Å². The molecule has 84 valence electrons. The molecule has 0 radical (unpaired) electrons. The Balaban J connectivity index is 0.000000980. The van der Waals surface area contributed by atoms with Crippen molar-refractivity contribution in [1.82, 2.24) is 10.2 Å². The van der Waals surface area contributed by atoms with Gasteiger partial charge in [-0.1, -0.05) is 0 Å². The average Bonchev–Trinajstić information content (AvgIpc) is 2.15. The summed E-state index contributed by atoms with van der Waals surface area (Å²) in [6.45, 7) is 9.86. The summed E-state index contributed by atoms with van der Waals surface area (Å²) in [5.74, 6) is 0.910. The molecule has 1 unspecified atom stereocenters. The number of nitrogens with zero attached hydrogens (tertiary/aromatic N) is 1. The molecule has 2 rings (SSSR count). The first kappa shape index (κ1) is 12.3. The largest absolute Gasteiger partial charge is 0.316 e. The van der Waals surface area contributed by atoms with Gasteiger partial charge in [0.15, 0.2) is 0 Å². The molecule has 2 aliphatic rings. The monoisotopic (exact) mass is 218 g/mol. The molecule has 2 aliphatic heterocycles. The molecule has 0 amide bonds. The Kier molecular flexibility index (Phi) is 4.23. The van der Waals surface area contributed by atoms with Gasteiger partial charge in [-0.25, -0.2) is 0 Å². The molecule has 2 nitrogen and oxygen atoms in total. The van der Waals surface area contributed by atoms with Crippen LogP contribution in [0.4, 0.5) is 0 Å². The lowest BCUT2D eigenvalue weighted by molar-refractivity contribution is -0.000892. The van der Waals surface area contributed by atoms with Gasteiger partial charge in [-0.2, -0.15) is 0 Å². The Morgan fingerprint density at radius 1 is 1.43 bits per heavy atom. The summed E-state index contributed by atoms with van der Waals surface area (Å²) in [4.78, 5) is 2.64. The molecule has 0 bridgehead atoms.